The molecule has 1 N–H and O–H groups in total. The zero-order valence-corrected chi connectivity index (χ0v) is 15.8. The van der Waals surface area contributed by atoms with Gasteiger partial charge in [0.25, 0.3) is 0 Å². The van der Waals surface area contributed by atoms with Crippen LogP contribution < -0.4 is 5.43 Å². The molecule has 0 saturated heterocycles. The first-order valence-electron chi connectivity index (χ1n) is 9.65. The van der Waals surface area contributed by atoms with E-state index in [1.165, 1.54) is 0 Å². The molecule has 0 radical (unpaired) electrons. The number of fused-ring (bicyclic) bond motifs is 1. The summed E-state index contributed by atoms with van der Waals surface area (Å²) < 4.78 is 0. The summed E-state index contributed by atoms with van der Waals surface area (Å²) in [7, 11) is 0. The van der Waals surface area contributed by atoms with Crippen molar-refractivity contribution in [2.24, 2.45) is 5.10 Å². The highest BCUT2D eigenvalue weighted by molar-refractivity contribution is 6.01. The fourth-order valence-electron chi connectivity index (χ4n) is 3.23. The quantitative estimate of drug-likeness (QED) is 0.323. The smallest absolute Gasteiger partial charge is 0.244 e. The lowest BCUT2D eigenvalue weighted by atomic mass is 10.0. The summed E-state index contributed by atoms with van der Waals surface area (Å²) in [6, 6.07) is 24.3. The van der Waals surface area contributed by atoms with Crippen molar-refractivity contribution in [2.45, 2.75) is 39.0 Å². The molecule has 3 aromatic carbocycles. The van der Waals surface area contributed by atoms with E-state index in [0.717, 1.165) is 53.3 Å². The van der Waals surface area contributed by atoms with Gasteiger partial charge in [0, 0.05) is 0 Å². The maximum absolute atomic E-state index is 12.5. The molecule has 0 atom stereocenters. The minimum Gasteiger partial charge on any atom is -0.273 e. The molecule has 138 valence electrons. The van der Waals surface area contributed by atoms with E-state index in [1.807, 2.05) is 54.6 Å². The maximum Gasteiger partial charge on any atom is 0.244 e. The molecule has 0 aliphatic rings. The second-order valence-corrected chi connectivity index (χ2v) is 6.73. The van der Waals surface area contributed by atoms with Crippen molar-refractivity contribution in [3.05, 3.63) is 83.9 Å². The summed E-state index contributed by atoms with van der Waals surface area (Å²) in [5, 5.41) is 6.72. The molecule has 3 aromatic rings. The van der Waals surface area contributed by atoms with Crippen LogP contribution in [0.25, 0.3) is 10.8 Å². The van der Waals surface area contributed by atoms with Crippen molar-refractivity contribution in [2.75, 3.05) is 0 Å². The van der Waals surface area contributed by atoms with Gasteiger partial charge in [-0.2, -0.15) is 5.10 Å². The molecule has 0 heterocycles. The van der Waals surface area contributed by atoms with Crippen molar-refractivity contribution in [1.82, 2.24) is 5.43 Å². The van der Waals surface area contributed by atoms with Gasteiger partial charge in [0.2, 0.25) is 5.91 Å². The van der Waals surface area contributed by atoms with Gasteiger partial charge in [0.1, 0.15) is 0 Å². The van der Waals surface area contributed by atoms with E-state index >= 15 is 0 Å². The molecule has 0 bridgehead atoms. The van der Waals surface area contributed by atoms with E-state index in [9.17, 15) is 4.79 Å². The van der Waals surface area contributed by atoms with E-state index in [1.54, 1.807) is 0 Å². The number of nitrogens with zero attached hydrogens (tertiary/aromatic N) is 1. The number of nitrogens with one attached hydrogen (secondary N) is 1. The molecule has 0 spiro atoms. The van der Waals surface area contributed by atoms with Crippen LogP contribution in [0.4, 0.5) is 0 Å². The van der Waals surface area contributed by atoms with Crippen LogP contribution in [0.1, 0.15) is 43.7 Å². The van der Waals surface area contributed by atoms with Gasteiger partial charge < -0.3 is 0 Å². The molecule has 0 aromatic heterocycles. The predicted molar refractivity (Wildman–Crippen MR) is 113 cm³/mol. The van der Waals surface area contributed by atoms with Gasteiger partial charge in [-0.1, -0.05) is 92.6 Å². The Morgan fingerprint density at radius 3 is 2.44 bits per heavy atom. The van der Waals surface area contributed by atoms with Crippen molar-refractivity contribution in [3.63, 3.8) is 0 Å². The first-order chi connectivity index (χ1) is 13.3. The lowest BCUT2D eigenvalue weighted by molar-refractivity contribution is -0.120. The van der Waals surface area contributed by atoms with Crippen molar-refractivity contribution in [1.29, 1.82) is 0 Å². The number of hydrogen-bond acceptors (Lipinski definition) is 2. The monoisotopic (exact) mass is 358 g/mol. The van der Waals surface area contributed by atoms with Gasteiger partial charge in [-0.25, -0.2) is 5.43 Å². The Morgan fingerprint density at radius 2 is 1.63 bits per heavy atom. The SMILES string of the molecule is CCCCCC(=NNC(=O)Cc1cccc2ccccc12)c1ccccc1. The second kappa shape index (κ2) is 9.67. The van der Waals surface area contributed by atoms with Crippen molar-refractivity contribution >= 4 is 22.4 Å². The van der Waals surface area contributed by atoms with Gasteiger partial charge in [0.15, 0.2) is 0 Å². The van der Waals surface area contributed by atoms with Gasteiger partial charge >= 0.3 is 0 Å². The summed E-state index contributed by atoms with van der Waals surface area (Å²) in [6.07, 6.45) is 4.59. The topological polar surface area (TPSA) is 41.5 Å². The fraction of sp³-hybridized carbons (Fsp3) is 0.250. The van der Waals surface area contributed by atoms with E-state index in [-0.39, 0.29) is 5.91 Å². The second-order valence-electron chi connectivity index (χ2n) is 6.73. The van der Waals surface area contributed by atoms with Crippen molar-refractivity contribution < 1.29 is 4.79 Å². The third-order valence-electron chi connectivity index (χ3n) is 4.67. The lowest BCUT2D eigenvalue weighted by Gasteiger charge is -2.09. The highest BCUT2D eigenvalue weighted by Gasteiger charge is 2.08. The van der Waals surface area contributed by atoms with Crippen LogP contribution in [0.15, 0.2) is 77.9 Å². The third kappa shape index (κ3) is 5.27. The van der Waals surface area contributed by atoms with Crippen LogP contribution in [0.5, 0.6) is 0 Å². The van der Waals surface area contributed by atoms with Crippen LogP contribution in [-0.2, 0) is 11.2 Å². The highest BCUT2D eigenvalue weighted by atomic mass is 16.2. The third-order valence-corrected chi connectivity index (χ3v) is 4.67. The first-order valence-corrected chi connectivity index (χ1v) is 9.65. The van der Waals surface area contributed by atoms with Crippen LogP contribution in [0, 0.1) is 0 Å². The molecule has 1 amide bonds. The van der Waals surface area contributed by atoms with Crippen molar-refractivity contribution in [3.8, 4) is 0 Å². The van der Waals surface area contributed by atoms with Crippen LogP contribution in [0.2, 0.25) is 0 Å². The average molecular weight is 358 g/mol. The summed E-state index contributed by atoms with van der Waals surface area (Å²) >= 11 is 0. The lowest BCUT2D eigenvalue weighted by Crippen LogP contribution is -2.22. The summed E-state index contributed by atoms with van der Waals surface area (Å²) in [6.45, 7) is 2.19. The molecular formula is C24H26N2O. The number of rotatable bonds is 8. The summed E-state index contributed by atoms with van der Waals surface area (Å²) in [5.74, 6) is -0.0877. The van der Waals surface area contributed by atoms with E-state index < -0.39 is 0 Å². The molecule has 3 rings (SSSR count). The normalized spacial score (nSPS) is 11.5. The van der Waals surface area contributed by atoms with Gasteiger partial charge in [-0.05, 0) is 34.7 Å². The Morgan fingerprint density at radius 1 is 0.889 bits per heavy atom. The van der Waals surface area contributed by atoms with E-state index in [2.05, 4.69) is 35.7 Å². The Hall–Kier alpha value is -2.94. The largest absolute Gasteiger partial charge is 0.273 e. The number of amides is 1. The number of hydrogen-bond donors (Lipinski definition) is 1. The first kappa shape index (κ1) is 18.8. The van der Waals surface area contributed by atoms with Crippen LogP contribution in [-0.4, -0.2) is 11.6 Å². The Balaban J connectivity index is 1.72. The van der Waals surface area contributed by atoms with E-state index in [0.29, 0.717) is 6.42 Å². The van der Waals surface area contributed by atoms with Crippen LogP contribution >= 0.6 is 0 Å². The number of unbranched alkanes of at least 4 members (excludes halogenated alkanes) is 2. The van der Waals surface area contributed by atoms with Crippen LogP contribution in [0.3, 0.4) is 0 Å². The summed E-state index contributed by atoms with van der Waals surface area (Å²) in [5.41, 5.74) is 5.80. The zero-order chi connectivity index (χ0) is 18.9. The Bertz CT molecular complexity index is 911. The molecule has 3 heteroatoms. The molecule has 3 nitrogen and oxygen atoms in total. The average Bonchev–Trinajstić information content (AvgIpc) is 2.71. The molecule has 27 heavy (non-hydrogen) atoms. The molecule has 0 saturated carbocycles. The Kier molecular flexibility index (Phi) is 6.75. The molecular weight excluding hydrogens is 332 g/mol. The summed E-state index contributed by atoms with van der Waals surface area (Å²) in [4.78, 5) is 12.5. The molecule has 0 unspecified atom stereocenters. The Labute approximate surface area is 161 Å². The molecule has 0 aliphatic heterocycles. The fourth-order valence-corrected chi connectivity index (χ4v) is 3.23. The molecule has 0 fully saturated rings. The number of benzene rings is 3. The minimum atomic E-state index is -0.0877. The standard InChI is InChI=1S/C24H26N2O/c1-2-3-5-17-23(20-12-6-4-7-13-20)25-26-24(27)18-21-15-10-14-19-11-8-9-16-22(19)21/h4,6-16H,2-3,5,17-18H2,1H3,(H,26,27). The number of hydrazone groups is 1. The van der Waals surface area contributed by atoms with Gasteiger partial charge in [-0.15, -0.1) is 0 Å². The van der Waals surface area contributed by atoms with E-state index in [4.69, 9.17) is 0 Å². The number of carbonyl (C=O) groups excluding carboxylic acids is 1. The number of carbonyl (C=O) groups is 1. The maximum atomic E-state index is 12.5. The van der Waals surface area contributed by atoms with Gasteiger partial charge in [-0.3, -0.25) is 4.79 Å². The van der Waals surface area contributed by atoms with Gasteiger partial charge in [0.05, 0.1) is 12.1 Å². The zero-order valence-electron chi connectivity index (χ0n) is 15.8. The minimum absolute atomic E-state index is 0.0877. The predicted octanol–water partition coefficient (Wildman–Crippen LogP) is 5.48. The highest BCUT2D eigenvalue weighted by Crippen LogP contribution is 2.19. The molecule has 0 aliphatic carbocycles.